The van der Waals surface area contributed by atoms with Crippen molar-refractivity contribution in [2.45, 2.75) is 34.6 Å². The van der Waals surface area contributed by atoms with E-state index in [1.807, 2.05) is 0 Å². The van der Waals surface area contributed by atoms with Crippen molar-refractivity contribution in [1.82, 2.24) is 5.32 Å². The number of aliphatic carboxylic acids is 5. The molecule has 0 unspecified atom stereocenters. The highest BCUT2D eigenvalue weighted by Crippen LogP contribution is 1.49. The van der Waals surface area contributed by atoms with Gasteiger partial charge in [-0.1, -0.05) is 0 Å². The predicted octanol–water partition coefficient (Wildman–Crippen LogP) is -0.384. The van der Waals surface area contributed by atoms with Gasteiger partial charge in [0.1, 0.15) is 0 Å². The lowest BCUT2D eigenvalue weighted by Crippen LogP contribution is -2.27. The molecule has 0 atom stereocenters. The van der Waals surface area contributed by atoms with Crippen LogP contribution in [0.25, 0.3) is 0 Å². The average Bonchev–Trinajstić information content (AvgIpc) is 2.45. The van der Waals surface area contributed by atoms with Gasteiger partial charge in [-0.25, -0.2) is 5.41 Å². The first-order chi connectivity index (χ1) is 13.5. The van der Waals surface area contributed by atoms with E-state index in [1.54, 1.807) is 5.16 Å². The zero-order valence-electron chi connectivity index (χ0n) is 17.7. The van der Waals surface area contributed by atoms with Gasteiger partial charge in [0.2, 0.25) is 0 Å². The number of nitrogens with one attached hydrogen (secondary N) is 2. The van der Waals surface area contributed by atoms with E-state index < -0.39 is 29.8 Å². The molecule has 0 aliphatic rings. The highest BCUT2D eigenvalue weighted by molar-refractivity contribution is 7.78. The van der Waals surface area contributed by atoms with Crippen molar-refractivity contribution >= 4 is 47.2 Å². The second kappa shape index (κ2) is 50.2. The van der Waals surface area contributed by atoms with Gasteiger partial charge in [-0.2, -0.15) is 0 Å². The van der Waals surface area contributed by atoms with Crippen LogP contribution >= 0.6 is 12.2 Å². The van der Waals surface area contributed by atoms with Crippen molar-refractivity contribution in [3.05, 3.63) is 0 Å². The van der Waals surface area contributed by atoms with Gasteiger partial charge in [-0.3, -0.25) is 24.0 Å². The molecule has 0 aliphatic carbocycles. The zero-order chi connectivity index (χ0) is 26.1. The molecule has 0 aromatic carbocycles. The van der Waals surface area contributed by atoms with E-state index >= 15 is 0 Å². The Bertz CT molecular complexity index is 363. The lowest BCUT2D eigenvalue weighted by Gasteiger charge is -1.95. The zero-order valence-corrected chi connectivity index (χ0v) is 18.5. The molecule has 0 aliphatic heterocycles. The Balaban J connectivity index is -0.0000000419. The smallest absolute Gasteiger partial charge is 0.300 e. The maximum Gasteiger partial charge on any atom is 0.300 e. The molecule has 0 rings (SSSR count). The van der Waals surface area contributed by atoms with Crippen LogP contribution in [0, 0.1) is 5.41 Å². The largest absolute Gasteiger partial charge is 0.481 e. The minimum absolute atomic E-state index is 0.694. The highest BCUT2D eigenvalue weighted by atomic mass is 32.1. The predicted molar refractivity (Wildman–Crippen MR) is 113 cm³/mol. The fourth-order valence-corrected chi connectivity index (χ4v) is 0.329. The standard InChI is InChI=1S/C4H13N3.5C2H4O2.CHNS/c5-1-3-7-4-2-6;5*1-2(3)4;2-1-3/h7H,1-6H2;5*1H3,(H,3,4);2H. The maximum absolute atomic E-state index is 9.00. The summed E-state index contributed by atoms with van der Waals surface area (Å²) in [5, 5.41) is 47.5. The van der Waals surface area contributed by atoms with Crippen molar-refractivity contribution in [1.29, 1.82) is 5.41 Å². The Labute approximate surface area is 180 Å². The number of hydrogen-bond acceptors (Lipinski definition) is 10. The van der Waals surface area contributed by atoms with E-state index in [4.69, 9.17) is 66.4 Å². The van der Waals surface area contributed by atoms with Gasteiger partial charge in [0, 0.05) is 60.8 Å². The number of carboxylic acids is 5. The quantitative estimate of drug-likeness (QED) is 0.146. The van der Waals surface area contributed by atoms with Crippen LogP contribution in [0.5, 0.6) is 0 Å². The fraction of sp³-hybridized carbons (Fsp3) is 0.600. The van der Waals surface area contributed by atoms with Crippen LogP contribution in [0.3, 0.4) is 0 Å². The third-order valence-corrected chi connectivity index (χ3v) is 0.642. The van der Waals surface area contributed by atoms with Crippen LogP contribution < -0.4 is 16.8 Å². The molecule has 0 bridgehead atoms. The molecule has 15 heteroatoms. The highest BCUT2D eigenvalue weighted by Gasteiger charge is 1.76. The SMILES string of the molecule is CC(=O)O.CC(=O)O.CC(=O)O.CC(=O)O.CC(=O)O.N=C=S.NCCNCCN. The number of thiocarbonyl (C=S) groups is 1. The Morgan fingerprint density at radius 2 is 0.800 bits per heavy atom. The van der Waals surface area contributed by atoms with Gasteiger partial charge in [-0.15, -0.1) is 0 Å². The molecule has 0 radical (unpaired) electrons. The molecule has 14 nitrogen and oxygen atoms in total. The molecule has 0 amide bonds. The topological polar surface area (TPSA) is 274 Å². The third kappa shape index (κ3) is 13600. The molecule has 180 valence electrons. The van der Waals surface area contributed by atoms with Gasteiger partial charge in [0.25, 0.3) is 29.8 Å². The molecule has 0 aromatic heterocycles. The molecule has 0 fully saturated rings. The summed E-state index contributed by atoms with van der Waals surface area (Å²) in [4.78, 5) is 45.0. The molecule has 0 saturated carbocycles. The number of carbonyl (C=O) groups is 5. The van der Waals surface area contributed by atoms with E-state index in [9.17, 15) is 0 Å². The molecule has 30 heavy (non-hydrogen) atoms. The first-order valence-electron chi connectivity index (χ1n) is 7.62. The van der Waals surface area contributed by atoms with E-state index in [1.165, 1.54) is 0 Å². The second-order valence-electron chi connectivity index (χ2n) is 4.02. The lowest BCUT2D eigenvalue weighted by atomic mass is 10.6. The normalized spacial score (nSPS) is 6.63. The molecule has 11 N–H and O–H groups in total. The summed E-state index contributed by atoms with van der Waals surface area (Å²) < 4.78 is 0. The summed E-state index contributed by atoms with van der Waals surface area (Å²) in [7, 11) is 0. The second-order valence-corrected chi connectivity index (χ2v) is 4.23. The van der Waals surface area contributed by atoms with Gasteiger partial charge < -0.3 is 42.3 Å². The number of carboxylic acid groups (broad SMARTS) is 5. The molecule has 0 heterocycles. The van der Waals surface area contributed by atoms with Crippen LogP contribution in [0.1, 0.15) is 34.6 Å². The lowest BCUT2D eigenvalue weighted by molar-refractivity contribution is -0.135. The van der Waals surface area contributed by atoms with E-state index in [0.29, 0.717) is 13.1 Å². The maximum atomic E-state index is 9.00. The molecule has 0 spiro atoms. The summed E-state index contributed by atoms with van der Waals surface area (Å²) in [6.45, 7) is 8.55. The van der Waals surface area contributed by atoms with Crippen LogP contribution in [0.15, 0.2) is 0 Å². The first-order valence-corrected chi connectivity index (χ1v) is 8.02. The Kier molecular flexibility index (Phi) is 76.3. The van der Waals surface area contributed by atoms with E-state index in [-0.39, 0.29) is 0 Å². The Morgan fingerprint density at radius 1 is 0.700 bits per heavy atom. The summed E-state index contributed by atoms with van der Waals surface area (Å²) in [6, 6.07) is 0. The Hall–Kier alpha value is -2.97. The fourth-order valence-electron chi connectivity index (χ4n) is 0.329. The first kappa shape index (κ1) is 45.6. The number of isothiocyanates is 1. The molecule has 0 saturated heterocycles. The van der Waals surface area contributed by atoms with Crippen molar-refractivity contribution in [3.63, 3.8) is 0 Å². The number of nitrogens with two attached hydrogens (primary N) is 2. The van der Waals surface area contributed by atoms with Gasteiger partial charge in [0.05, 0.1) is 5.16 Å². The van der Waals surface area contributed by atoms with Gasteiger partial charge in [0.15, 0.2) is 0 Å². The van der Waals surface area contributed by atoms with Crippen molar-refractivity contribution < 1.29 is 49.5 Å². The monoisotopic (exact) mass is 462 g/mol. The van der Waals surface area contributed by atoms with Gasteiger partial charge in [-0.05, 0) is 12.2 Å². The average molecular weight is 463 g/mol. The van der Waals surface area contributed by atoms with Crippen molar-refractivity contribution in [2.24, 2.45) is 11.5 Å². The Morgan fingerprint density at radius 3 is 0.867 bits per heavy atom. The molecular weight excluding hydrogens is 428 g/mol. The van der Waals surface area contributed by atoms with E-state index in [0.717, 1.165) is 47.7 Å². The number of rotatable bonds is 4. The number of hydrogen-bond donors (Lipinski definition) is 9. The minimum Gasteiger partial charge on any atom is -0.481 e. The van der Waals surface area contributed by atoms with Crippen LogP contribution in [-0.2, 0) is 24.0 Å². The van der Waals surface area contributed by atoms with Crippen LogP contribution in [0.2, 0.25) is 0 Å². The summed E-state index contributed by atoms with van der Waals surface area (Å²) >= 11 is 3.81. The summed E-state index contributed by atoms with van der Waals surface area (Å²) in [6.07, 6.45) is 0. The van der Waals surface area contributed by atoms with Crippen LogP contribution in [0.4, 0.5) is 0 Å². The summed E-state index contributed by atoms with van der Waals surface area (Å²) in [5.41, 5.74) is 10.3. The van der Waals surface area contributed by atoms with Crippen molar-refractivity contribution in [2.75, 3.05) is 26.2 Å². The van der Waals surface area contributed by atoms with E-state index in [2.05, 4.69) is 17.5 Å². The third-order valence-electron chi connectivity index (χ3n) is 0.642. The molecule has 0 aromatic rings. The molecular formula is C15H34N4O10S. The van der Waals surface area contributed by atoms with Gasteiger partial charge >= 0.3 is 0 Å². The van der Waals surface area contributed by atoms with Crippen molar-refractivity contribution in [3.8, 4) is 0 Å². The van der Waals surface area contributed by atoms with Crippen LogP contribution in [-0.4, -0.2) is 86.7 Å². The minimum atomic E-state index is -0.833. The summed E-state index contributed by atoms with van der Waals surface area (Å²) in [5.74, 6) is -4.17.